The summed E-state index contributed by atoms with van der Waals surface area (Å²) in [6, 6.07) is 27.0. The highest BCUT2D eigenvalue weighted by Crippen LogP contribution is 2.44. The van der Waals surface area contributed by atoms with E-state index in [1.165, 1.54) is 17.7 Å². The minimum atomic E-state index is -0.290. The molecule has 3 unspecified atom stereocenters. The molecule has 2 heterocycles. The van der Waals surface area contributed by atoms with Crippen molar-refractivity contribution in [1.29, 1.82) is 0 Å². The van der Waals surface area contributed by atoms with Crippen LogP contribution in [-0.2, 0) is 22.7 Å². The molecule has 0 bridgehead atoms. The molecule has 3 atom stereocenters. The number of hydrogen-bond acceptors (Lipinski definition) is 4. The first kappa shape index (κ1) is 28.7. The van der Waals surface area contributed by atoms with Gasteiger partial charge in [-0.25, -0.2) is 4.39 Å². The Morgan fingerprint density at radius 2 is 1.52 bits per heavy atom. The van der Waals surface area contributed by atoms with E-state index in [0.717, 1.165) is 61.3 Å². The number of thioether (sulfide) groups is 1. The van der Waals surface area contributed by atoms with Gasteiger partial charge < -0.3 is 10.2 Å². The van der Waals surface area contributed by atoms with Crippen LogP contribution in [0, 0.1) is 11.7 Å². The van der Waals surface area contributed by atoms with Gasteiger partial charge >= 0.3 is 0 Å². The smallest absolute Gasteiger partial charge is 0.260 e. The summed E-state index contributed by atoms with van der Waals surface area (Å²) in [5.41, 5.74) is 3.21. The van der Waals surface area contributed by atoms with Crippen LogP contribution in [0.25, 0.3) is 6.08 Å². The molecule has 2 amide bonds. The Balaban J connectivity index is 1.11. The van der Waals surface area contributed by atoms with E-state index in [4.69, 9.17) is 0 Å². The van der Waals surface area contributed by atoms with E-state index in [1.807, 2.05) is 47.4 Å². The van der Waals surface area contributed by atoms with Gasteiger partial charge in [0.05, 0.1) is 4.91 Å². The van der Waals surface area contributed by atoms with E-state index in [1.54, 1.807) is 23.9 Å². The molecule has 3 aliphatic rings. The lowest BCUT2D eigenvalue weighted by Gasteiger charge is -2.46. The first-order valence-corrected chi connectivity index (χ1v) is 16.0. The summed E-state index contributed by atoms with van der Waals surface area (Å²) < 4.78 is 13.6. The van der Waals surface area contributed by atoms with Gasteiger partial charge in [0.15, 0.2) is 0 Å². The van der Waals surface area contributed by atoms with E-state index in [9.17, 15) is 14.0 Å². The summed E-state index contributed by atoms with van der Waals surface area (Å²) in [4.78, 5) is 32.5. The van der Waals surface area contributed by atoms with Gasteiger partial charge in [-0.15, -0.1) is 11.8 Å². The molecule has 0 radical (unpaired) electrons. The third-order valence-electron chi connectivity index (χ3n) is 8.82. The Morgan fingerprint density at radius 1 is 0.857 bits per heavy atom. The molecule has 2 saturated heterocycles. The molecule has 42 heavy (non-hydrogen) atoms. The predicted molar refractivity (Wildman–Crippen MR) is 167 cm³/mol. The highest BCUT2D eigenvalue weighted by Gasteiger charge is 2.44. The normalized spacial score (nSPS) is 24.4. The molecule has 5 nitrogen and oxygen atoms in total. The molecule has 2 aliphatic heterocycles. The van der Waals surface area contributed by atoms with Crippen LogP contribution in [0.15, 0.2) is 89.8 Å². The maximum atomic E-state index is 13.9. The first-order chi connectivity index (χ1) is 20.5. The molecular formula is C35H38FN3O2S. The number of piperidine rings is 1. The van der Waals surface area contributed by atoms with Gasteiger partial charge in [0.2, 0.25) is 5.91 Å². The lowest BCUT2D eigenvalue weighted by atomic mass is 9.83. The molecule has 7 heteroatoms. The third kappa shape index (κ3) is 6.96. The van der Waals surface area contributed by atoms with Crippen molar-refractivity contribution in [3.8, 4) is 0 Å². The van der Waals surface area contributed by atoms with Crippen molar-refractivity contribution in [2.45, 2.75) is 62.5 Å². The molecule has 218 valence electrons. The fraction of sp³-hybridized carbons (Fsp3) is 0.371. The van der Waals surface area contributed by atoms with Gasteiger partial charge in [-0.3, -0.25) is 14.5 Å². The second kappa shape index (κ2) is 13.3. The van der Waals surface area contributed by atoms with Crippen LogP contribution in [0.2, 0.25) is 0 Å². The number of fused-ring (bicyclic) bond motifs is 1. The van der Waals surface area contributed by atoms with E-state index in [0.29, 0.717) is 13.0 Å². The average Bonchev–Trinajstić information content (AvgIpc) is 3.02. The largest absolute Gasteiger partial charge is 0.353 e. The number of benzene rings is 3. The number of amides is 2. The van der Waals surface area contributed by atoms with Crippen molar-refractivity contribution in [3.05, 3.63) is 112 Å². The summed E-state index contributed by atoms with van der Waals surface area (Å²) in [6.45, 7) is 3.30. The number of carbonyl (C=O) groups excluding carboxylic acids is 2. The maximum Gasteiger partial charge on any atom is 0.260 e. The molecule has 3 aromatic carbocycles. The molecule has 0 aromatic heterocycles. The van der Waals surface area contributed by atoms with Crippen LogP contribution in [0.5, 0.6) is 0 Å². The predicted octanol–water partition coefficient (Wildman–Crippen LogP) is 6.26. The Labute approximate surface area is 252 Å². The van der Waals surface area contributed by atoms with Crippen LogP contribution < -0.4 is 5.32 Å². The van der Waals surface area contributed by atoms with Gasteiger partial charge in [-0.1, -0.05) is 72.8 Å². The van der Waals surface area contributed by atoms with Crippen molar-refractivity contribution < 1.29 is 14.0 Å². The zero-order valence-corrected chi connectivity index (χ0v) is 24.6. The molecule has 1 saturated carbocycles. The summed E-state index contributed by atoms with van der Waals surface area (Å²) in [6.07, 6.45) is 6.24. The van der Waals surface area contributed by atoms with Gasteiger partial charge in [0.1, 0.15) is 5.82 Å². The number of nitrogens with one attached hydrogen (secondary N) is 1. The Bertz CT molecular complexity index is 1390. The standard InChI is InChI=1S/C35H38FN3O2S/c36-29-14-11-27(12-15-29)24-39-31-22-28(13-16-32(31)42-33(35(39)41)21-25-7-3-1-4-8-25)34(40)37-30-17-19-38(20-18-30)23-26-9-5-2-6-10-26/h1-12,14-15,21,28,30-32H,13,16-20,22-24H2,(H,37,40)/b33-21-. The summed E-state index contributed by atoms with van der Waals surface area (Å²) >= 11 is 1.66. The van der Waals surface area contributed by atoms with Crippen molar-refractivity contribution in [2.24, 2.45) is 5.92 Å². The monoisotopic (exact) mass is 583 g/mol. The third-order valence-corrected chi connectivity index (χ3v) is 10.2. The number of carbonyl (C=O) groups is 2. The number of likely N-dealkylation sites (tertiary alicyclic amines) is 1. The van der Waals surface area contributed by atoms with Crippen LogP contribution in [0.4, 0.5) is 4.39 Å². The van der Waals surface area contributed by atoms with Crippen LogP contribution in [0.1, 0.15) is 48.8 Å². The minimum Gasteiger partial charge on any atom is -0.353 e. The molecule has 1 aliphatic carbocycles. The van der Waals surface area contributed by atoms with Crippen molar-refractivity contribution in [2.75, 3.05) is 13.1 Å². The second-order valence-electron chi connectivity index (χ2n) is 11.8. The zero-order valence-electron chi connectivity index (χ0n) is 23.8. The Hall–Kier alpha value is -3.42. The van der Waals surface area contributed by atoms with Crippen molar-refractivity contribution in [1.82, 2.24) is 15.1 Å². The Morgan fingerprint density at radius 3 is 2.24 bits per heavy atom. The van der Waals surface area contributed by atoms with Gasteiger partial charge in [0.25, 0.3) is 5.91 Å². The van der Waals surface area contributed by atoms with Crippen molar-refractivity contribution in [3.63, 3.8) is 0 Å². The zero-order chi connectivity index (χ0) is 28.9. The maximum absolute atomic E-state index is 13.9. The SMILES string of the molecule is O=C(NC1CCN(Cc2ccccc2)CC1)C1CCC2S/C(=C\c3ccccc3)C(=O)N(Cc3ccc(F)cc3)C2C1. The van der Waals surface area contributed by atoms with Crippen LogP contribution >= 0.6 is 11.8 Å². The lowest BCUT2D eigenvalue weighted by Crippen LogP contribution is -2.54. The van der Waals surface area contributed by atoms with E-state index in [-0.39, 0.29) is 40.9 Å². The second-order valence-corrected chi connectivity index (χ2v) is 13.0. The molecule has 0 spiro atoms. The molecule has 3 aromatic rings. The number of hydrogen-bond donors (Lipinski definition) is 1. The minimum absolute atomic E-state index is 0.0127. The quantitative estimate of drug-likeness (QED) is 0.334. The summed E-state index contributed by atoms with van der Waals surface area (Å²) in [5, 5.41) is 3.59. The van der Waals surface area contributed by atoms with Gasteiger partial charge in [-0.2, -0.15) is 0 Å². The fourth-order valence-corrected chi connectivity index (χ4v) is 7.91. The van der Waals surface area contributed by atoms with Crippen LogP contribution in [0.3, 0.4) is 0 Å². The highest BCUT2D eigenvalue weighted by atomic mass is 32.2. The summed E-state index contributed by atoms with van der Waals surface area (Å²) in [7, 11) is 0. The Kier molecular flexibility index (Phi) is 9.06. The summed E-state index contributed by atoms with van der Waals surface area (Å²) in [5.74, 6) is -0.291. The van der Waals surface area contributed by atoms with Gasteiger partial charge in [0, 0.05) is 49.4 Å². The number of halogens is 1. The van der Waals surface area contributed by atoms with Crippen LogP contribution in [-0.4, -0.2) is 52.0 Å². The van der Waals surface area contributed by atoms with Gasteiger partial charge in [-0.05, 0) is 67.0 Å². The average molecular weight is 584 g/mol. The molecule has 3 fully saturated rings. The van der Waals surface area contributed by atoms with E-state index < -0.39 is 0 Å². The van der Waals surface area contributed by atoms with Crippen molar-refractivity contribution >= 4 is 29.7 Å². The highest BCUT2D eigenvalue weighted by molar-refractivity contribution is 8.04. The first-order valence-electron chi connectivity index (χ1n) is 15.1. The molecular weight excluding hydrogens is 545 g/mol. The van der Waals surface area contributed by atoms with E-state index >= 15 is 0 Å². The number of rotatable bonds is 7. The molecule has 6 rings (SSSR count). The fourth-order valence-electron chi connectivity index (χ4n) is 6.50. The number of nitrogens with zero attached hydrogens (tertiary/aromatic N) is 2. The molecule has 1 N–H and O–H groups in total. The topological polar surface area (TPSA) is 52.7 Å². The van der Waals surface area contributed by atoms with E-state index in [2.05, 4.69) is 34.5 Å². The lowest BCUT2D eigenvalue weighted by molar-refractivity contribution is -0.134.